The molecule has 0 radical (unpaired) electrons. The molecule has 1 aromatic carbocycles. The quantitative estimate of drug-likeness (QED) is 0.783. The molecule has 1 amide bonds. The van der Waals surface area contributed by atoms with Gasteiger partial charge < -0.3 is 9.64 Å². The highest BCUT2D eigenvalue weighted by atomic mass is 35.5. The van der Waals surface area contributed by atoms with E-state index in [-0.39, 0.29) is 17.6 Å². The summed E-state index contributed by atoms with van der Waals surface area (Å²) < 4.78 is 5.89. The summed E-state index contributed by atoms with van der Waals surface area (Å²) in [5.41, 5.74) is 3.70. The van der Waals surface area contributed by atoms with Crippen LogP contribution in [0.1, 0.15) is 40.9 Å². The molecule has 1 saturated heterocycles. The zero-order valence-electron chi connectivity index (χ0n) is 13.5. The fraction of sp³-hybridized carbons (Fsp3) is 0.588. The third-order valence-corrected chi connectivity index (χ3v) is 4.18. The van der Waals surface area contributed by atoms with Crippen molar-refractivity contribution in [2.24, 2.45) is 0 Å². The second-order valence-electron chi connectivity index (χ2n) is 6.61. The molecule has 0 aromatic heterocycles. The molecule has 1 aliphatic rings. The first-order valence-electron chi connectivity index (χ1n) is 7.34. The number of benzene rings is 1. The van der Waals surface area contributed by atoms with Crippen LogP contribution in [0.4, 0.5) is 0 Å². The Bertz CT molecular complexity index is 531. The molecule has 21 heavy (non-hydrogen) atoms. The normalized spacial score (nSPS) is 21.4. The number of morpholine rings is 1. The van der Waals surface area contributed by atoms with Gasteiger partial charge >= 0.3 is 0 Å². The lowest BCUT2D eigenvalue weighted by molar-refractivity contribution is -0.117. The SMILES string of the molecule is Cc1cc(C)c(C(=O)N2CC(CCl)OC(C)(C)C2)c(C)c1. The number of nitrogens with zero attached hydrogens (tertiary/aromatic N) is 1. The van der Waals surface area contributed by atoms with Crippen LogP contribution in [0.15, 0.2) is 12.1 Å². The van der Waals surface area contributed by atoms with Crippen LogP contribution in [-0.4, -0.2) is 41.5 Å². The number of hydrogen-bond acceptors (Lipinski definition) is 2. The Hall–Kier alpha value is -1.06. The van der Waals surface area contributed by atoms with Crippen LogP contribution in [0.5, 0.6) is 0 Å². The largest absolute Gasteiger partial charge is 0.367 e. The molecule has 1 heterocycles. The van der Waals surface area contributed by atoms with Gasteiger partial charge in [0.2, 0.25) is 0 Å². The number of rotatable bonds is 2. The number of amides is 1. The van der Waals surface area contributed by atoms with Crippen LogP contribution in [-0.2, 0) is 4.74 Å². The van der Waals surface area contributed by atoms with Gasteiger partial charge in [-0.2, -0.15) is 0 Å². The third-order valence-electron chi connectivity index (χ3n) is 3.83. The predicted molar refractivity (Wildman–Crippen MR) is 86.2 cm³/mol. The molecule has 1 aliphatic heterocycles. The lowest BCUT2D eigenvalue weighted by Gasteiger charge is -2.42. The number of carbonyl (C=O) groups excluding carboxylic acids is 1. The maximum absolute atomic E-state index is 12.9. The Labute approximate surface area is 132 Å². The minimum absolute atomic E-state index is 0.0801. The van der Waals surface area contributed by atoms with E-state index in [0.717, 1.165) is 16.7 Å². The van der Waals surface area contributed by atoms with Crippen molar-refractivity contribution < 1.29 is 9.53 Å². The molecule has 1 aromatic rings. The summed E-state index contributed by atoms with van der Waals surface area (Å²) in [6, 6.07) is 4.12. The first kappa shape index (κ1) is 16.3. The molecule has 0 bridgehead atoms. The summed E-state index contributed by atoms with van der Waals surface area (Å²) in [6.07, 6.45) is -0.106. The molecular weight excluding hydrogens is 286 g/mol. The third kappa shape index (κ3) is 3.58. The van der Waals surface area contributed by atoms with E-state index in [1.54, 1.807) is 0 Å². The van der Waals surface area contributed by atoms with Crippen molar-refractivity contribution >= 4 is 17.5 Å². The molecule has 1 unspecified atom stereocenters. The van der Waals surface area contributed by atoms with Crippen LogP contribution in [0, 0.1) is 20.8 Å². The first-order chi connectivity index (χ1) is 9.73. The Morgan fingerprint density at radius 3 is 2.43 bits per heavy atom. The van der Waals surface area contributed by atoms with Gasteiger partial charge in [-0.1, -0.05) is 17.7 Å². The van der Waals surface area contributed by atoms with E-state index in [2.05, 4.69) is 19.1 Å². The topological polar surface area (TPSA) is 29.5 Å². The molecule has 0 saturated carbocycles. The Morgan fingerprint density at radius 1 is 1.33 bits per heavy atom. The van der Waals surface area contributed by atoms with Gasteiger partial charge in [0.15, 0.2) is 0 Å². The maximum Gasteiger partial charge on any atom is 0.254 e. The minimum atomic E-state index is -0.361. The Morgan fingerprint density at radius 2 is 1.90 bits per heavy atom. The van der Waals surface area contributed by atoms with Gasteiger partial charge in [-0.05, 0) is 45.7 Å². The zero-order chi connectivity index (χ0) is 15.8. The van der Waals surface area contributed by atoms with E-state index in [1.807, 2.05) is 32.6 Å². The van der Waals surface area contributed by atoms with Gasteiger partial charge in [-0.3, -0.25) is 4.79 Å². The van der Waals surface area contributed by atoms with Crippen LogP contribution in [0.2, 0.25) is 0 Å². The van der Waals surface area contributed by atoms with Crippen LogP contribution in [0.3, 0.4) is 0 Å². The summed E-state index contributed by atoms with van der Waals surface area (Å²) >= 11 is 5.94. The van der Waals surface area contributed by atoms with E-state index in [9.17, 15) is 4.79 Å². The van der Waals surface area contributed by atoms with Crippen LogP contribution in [0.25, 0.3) is 0 Å². The highest BCUT2D eigenvalue weighted by Gasteiger charge is 2.36. The van der Waals surface area contributed by atoms with Crippen molar-refractivity contribution in [3.8, 4) is 0 Å². The molecule has 4 heteroatoms. The van der Waals surface area contributed by atoms with Gasteiger partial charge in [-0.15, -0.1) is 11.6 Å². The lowest BCUT2D eigenvalue weighted by Crippen LogP contribution is -2.55. The summed E-state index contributed by atoms with van der Waals surface area (Å²) in [5, 5.41) is 0. The van der Waals surface area contributed by atoms with E-state index in [0.29, 0.717) is 19.0 Å². The maximum atomic E-state index is 12.9. The minimum Gasteiger partial charge on any atom is -0.367 e. The van der Waals surface area contributed by atoms with Crippen molar-refractivity contribution in [3.05, 3.63) is 34.4 Å². The molecular formula is C17H24ClNO2. The number of halogens is 1. The van der Waals surface area contributed by atoms with Crippen molar-refractivity contribution in [3.63, 3.8) is 0 Å². The Balaban J connectivity index is 2.31. The number of carbonyl (C=O) groups is 1. The van der Waals surface area contributed by atoms with Gasteiger partial charge in [-0.25, -0.2) is 0 Å². The number of alkyl halides is 1. The number of ether oxygens (including phenoxy) is 1. The van der Waals surface area contributed by atoms with Crippen LogP contribution < -0.4 is 0 Å². The molecule has 0 N–H and O–H groups in total. The fourth-order valence-electron chi connectivity index (χ4n) is 3.21. The molecule has 1 atom stereocenters. The van der Waals surface area contributed by atoms with Crippen molar-refractivity contribution in [1.82, 2.24) is 4.90 Å². The molecule has 0 aliphatic carbocycles. The second-order valence-corrected chi connectivity index (χ2v) is 6.92. The fourth-order valence-corrected chi connectivity index (χ4v) is 3.37. The summed E-state index contributed by atoms with van der Waals surface area (Å²) in [4.78, 5) is 14.8. The predicted octanol–water partition coefficient (Wildman–Crippen LogP) is 3.47. The summed E-state index contributed by atoms with van der Waals surface area (Å²) in [6.45, 7) is 11.2. The summed E-state index contributed by atoms with van der Waals surface area (Å²) in [7, 11) is 0. The van der Waals surface area contributed by atoms with Gasteiger partial charge in [0.25, 0.3) is 5.91 Å². The van der Waals surface area contributed by atoms with Gasteiger partial charge in [0.1, 0.15) is 0 Å². The second kappa shape index (κ2) is 5.98. The van der Waals surface area contributed by atoms with E-state index in [4.69, 9.17) is 16.3 Å². The number of aryl methyl sites for hydroxylation is 3. The number of hydrogen-bond donors (Lipinski definition) is 0. The smallest absolute Gasteiger partial charge is 0.254 e. The first-order valence-corrected chi connectivity index (χ1v) is 7.88. The van der Waals surface area contributed by atoms with E-state index >= 15 is 0 Å². The Kier molecular flexibility index (Phi) is 4.64. The van der Waals surface area contributed by atoms with Gasteiger partial charge in [0.05, 0.1) is 17.6 Å². The molecule has 2 rings (SSSR count). The standard InChI is InChI=1S/C17H24ClNO2/c1-11-6-12(2)15(13(3)7-11)16(20)19-9-14(8-18)21-17(4,5)10-19/h6-7,14H,8-10H2,1-5H3. The summed E-state index contributed by atoms with van der Waals surface area (Å²) in [5.74, 6) is 0.482. The molecule has 1 fully saturated rings. The molecule has 116 valence electrons. The van der Waals surface area contributed by atoms with E-state index in [1.165, 1.54) is 5.56 Å². The monoisotopic (exact) mass is 309 g/mol. The lowest BCUT2D eigenvalue weighted by atomic mass is 9.97. The van der Waals surface area contributed by atoms with Crippen molar-refractivity contribution in [2.75, 3.05) is 19.0 Å². The zero-order valence-corrected chi connectivity index (χ0v) is 14.3. The van der Waals surface area contributed by atoms with E-state index < -0.39 is 0 Å². The van der Waals surface area contributed by atoms with Gasteiger partial charge in [0, 0.05) is 18.7 Å². The average molecular weight is 310 g/mol. The highest BCUT2D eigenvalue weighted by molar-refractivity contribution is 6.18. The molecule has 0 spiro atoms. The van der Waals surface area contributed by atoms with Crippen molar-refractivity contribution in [1.29, 1.82) is 0 Å². The van der Waals surface area contributed by atoms with Crippen molar-refractivity contribution in [2.45, 2.75) is 46.3 Å². The average Bonchev–Trinajstić information content (AvgIpc) is 2.35. The van der Waals surface area contributed by atoms with Crippen LogP contribution >= 0.6 is 11.6 Å². The highest BCUT2D eigenvalue weighted by Crippen LogP contribution is 2.25. The molecule has 3 nitrogen and oxygen atoms in total.